The number of anilines is 1. The molecular formula is C16H25N3S. The molecule has 2 rings (SSSR count). The highest BCUT2D eigenvalue weighted by Gasteiger charge is 2.27. The number of nitrogens with zero attached hydrogens (tertiary/aromatic N) is 3. The summed E-state index contributed by atoms with van der Waals surface area (Å²) < 4.78 is 0. The quantitative estimate of drug-likeness (QED) is 0.735. The molecule has 0 aliphatic carbocycles. The zero-order valence-corrected chi connectivity index (χ0v) is 14.5. The molecule has 1 aromatic rings. The van der Waals surface area contributed by atoms with Gasteiger partial charge in [-0.3, -0.25) is 4.90 Å². The molecular weight excluding hydrogens is 266 g/mol. The van der Waals surface area contributed by atoms with Gasteiger partial charge < -0.3 is 9.80 Å². The van der Waals surface area contributed by atoms with Gasteiger partial charge in [-0.1, -0.05) is 0 Å². The Bertz CT molecular complexity index is 536. The van der Waals surface area contributed by atoms with Crippen molar-refractivity contribution in [2.75, 3.05) is 32.3 Å². The second-order valence-electron chi connectivity index (χ2n) is 6.02. The molecule has 0 atom stereocenters. The van der Waals surface area contributed by atoms with Gasteiger partial charge in [0.2, 0.25) is 0 Å². The highest BCUT2D eigenvalue weighted by atomic mass is 32.1. The maximum Gasteiger partial charge on any atom is 0.178 e. The first kappa shape index (κ1) is 15.3. The van der Waals surface area contributed by atoms with Crippen molar-refractivity contribution in [3.05, 3.63) is 27.8 Å². The van der Waals surface area contributed by atoms with Crippen LogP contribution in [0.4, 0.5) is 5.69 Å². The fraction of sp³-hybridized carbons (Fsp3) is 0.562. The molecule has 20 heavy (non-hydrogen) atoms. The lowest BCUT2D eigenvalue weighted by Gasteiger charge is -2.43. The van der Waals surface area contributed by atoms with Crippen LogP contribution in [0.1, 0.15) is 27.8 Å². The van der Waals surface area contributed by atoms with Gasteiger partial charge in [0, 0.05) is 7.05 Å². The second-order valence-corrected chi connectivity index (χ2v) is 6.39. The molecule has 0 amide bonds. The lowest BCUT2D eigenvalue weighted by Crippen LogP contribution is -2.55. The van der Waals surface area contributed by atoms with Crippen molar-refractivity contribution in [1.82, 2.24) is 9.80 Å². The van der Waals surface area contributed by atoms with Crippen molar-refractivity contribution >= 4 is 23.0 Å². The van der Waals surface area contributed by atoms with Crippen LogP contribution >= 0.6 is 12.2 Å². The largest absolute Gasteiger partial charge is 0.339 e. The fourth-order valence-electron chi connectivity index (χ4n) is 3.03. The Kier molecular flexibility index (Phi) is 4.07. The summed E-state index contributed by atoms with van der Waals surface area (Å²) in [5, 5.41) is 0.914. The van der Waals surface area contributed by atoms with Gasteiger partial charge in [0.1, 0.15) is 0 Å². The standard InChI is InChI=1S/C16H25N3S/c1-10-11(2)13(4)15(14(5)12(10)3)19-9-17(6)8-18(7)16(19)20/h8-9H2,1-7H3. The minimum atomic E-state index is 0.854. The first-order valence-corrected chi connectivity index (χ1v) is 7.44. The maximum atomic E-state index is 5.65. The van der Waals surface area contributed by atoms with E-state index in [2.05, 4.69) is 63.4 Å². The van der Waals surface area contributed by atoms with E-state index in [-0.39, 0.29) is 0 Å². The Balaban J connectivity index is 2.60. The van der Waals surface area contributed by atoms with E-state index in [0.717, 1.165) is 18.4 Å². The summed E-state index contributed by atoms with van der Waals surface area (Å²) in [6.07, 6.45) is 0. The molecule has 0 aromatic heterocycles. The van der Waals surface area contributed by atoms with Gasteiger partial charge in [0.15, 0.2) is 5.11 Å². The van der Waals surface area contributed by atoms with E-state index in [9.17, 15) is 0 Å². The van der Waals surface area contributed by atoms with Crippen molar-refractivity contribution < 1.29 is 0 Å². The van der Waals surface area contributed by atoms with Gasteiger partial charge in [-0.15, -0.1) is 0 Å². The summed E-state index contributed by atoms with van der Waals surface area (Å²) >= 11 is 5.65. The van der Waals surface area contributed by atoms with Crippen LogP contribution in [0.3, 0.4) is 0 Å². The summed E-state index contributed by atoms with van der Waals surface area (Å²) in [5.74, 6) is 0. The summed E-state index contributed by atoms with van der Waals surface area (Å²) in [4.78, 5) is 6.67. The molecule has 1 heterocycles. The fourth-order valence-corrected chi connectivity index (χ4v) is 3.23. The molecule has 0 unspecified atom stereocenters. The van der Waals surface area contributed by atoms with Crippen LogP contribution in [0.25, 0.3) is 0 Å². The normalized spacial score (nSPS) is 17.1. The molecule has 1 fully saturated rings. The van der Waals surface area contributed by atoms with Crippen LogP contribution in [0.2, 0.25) is 0 Å². The van der Waals surface area contributed by atoms with Gasteiger partial charge >= 0.3 is 0 Å². The zero-order valence-electron chi connectivity index (χ0n) is 13.7. The van der Waals surface area contributed by atoms with E-state index in [1.807, 2.05) is 0 Å². The topological polar surface area (TPSA) is 9.72 Å². The third-order valence-electron chi connectivity index (χ3n) is 4.62. The van der Waals surface area contributed by atoms with E-state index in [4.69, 9.17) is 12.2 Å². The Labute approximate surface area is 128 Å². The number of rotatable bonds is 1. The van der Waals surface area contributed by atoms with Gasteiger partial charge in [0.25, 0.3) is 0 Å². The molecule has 110 valence electrons. The molecule has 1 saturated heterocycles. The Morgan fingerprint density at radius 1 is 0.750 bits per heavy atom. The van der Waals surface area contributed by atoms with Crippen LogP contribution < -0.4 is 4.90 Å². The van der Waals surface area contributed by atoms with Crippen molar-refractivity contribution in [2.24, 2.45) is 0 Å². The third kappa shape index (κ3) is 2.31. The highest BCUT2D eigenvalue weighted by molar-refractivity contribution is 7.80. The summed E-state index contributed by atoms with van der Waals surface area (Å²) in [5.41, 5.74) is 8.12. The first-order valence-electron chi connectivity index (χ1n) is 7.03. The predicted molar refractivity (Wildman–Crippen MR) is 90.5 cm³/mol. The van der Waals surface area contributed by atoms with Crippen molar-refractivity contribution in [3.63, 3.8) is 0 Å². The van der Waals surface area contributed by atoms with Crippen LogP contribution in [-0.2, 0) is 0 Å². The van der Waals surface area contributed by atoms with E-state index in [0.29, 0.717) is 0 Å². The van der Waals surface area contributed by atoms with Gasteiger partial charge in [0.05, 0.1) is 19.0 Å². The average molecular weight is 291 g/mol. The van der Waals surface area contributed by atoms with Crippen molar-refractivity contribution in [3.8, 4) is 0 Å². The van der Waals surface area contributed by atoms with Crippen LogP contribution in [0.15, 0.2) is 0 Å². The van der Waals surface area contributed by atoms with Crippen molar-refractivity contribution in [1.29, 1.82) is 0 Å². The Hall–Kier alpha value is -1.13. The third-order valence-corrected chi connectivity index (χ3v) is 5.16. The van der Waals surface area contributed by atoms with Crippen LogP contribution in [0, 0.1) is 34.6 Å². The molecule has 0 saturated carbocycles. The number of thiocarbonyl (C=S) groups is 1. The number of hydrogen-bond donors (Lipinski definition) is 0. The molecule has 0 N–H and O–H groups in total. The van der Waals surface area contributed by atoms with Gasteiger partial charge in [-0.05, 0) is 81.7 Å². The zero-order chi connectivity index (χ0) is 15.2. The molecule has 1 aliphatic heterocycles. The predicted octanol–water partition coefficient (Wildman–Crippen LogP) is 3.11. The number of hydrogen-bond acceptors (Lipinski definition) is 2. The smallest absolute Gasteiger partial charge is 0.178 e. The lowest BCUT2D eigenvalue weighted by molar-refractivity contribution is 0.224. The van der Waals surface area contributed by atoms with E-state index < -0.39 is 0 Å². The minimum Gasteiger partial charge on any atom is -0.339 e. The molecule has 0 radical (unpaired) electrons. The van der Waals surface area contributed by atoms with E-state index >= 15 is 0 Å². The van der Waals surface area contributed by atoms with Crippen molar-refractivity contribution in [2.45, 2.75) is 34.6 Å². The highest BCUT2D eigenvalue weighted by Crippen LogP contribution is 2.34. The summed E-state index contributed by atoms with van der Waals surface area (Å²) in [6, 6.07) is 0. The molecule has 1 aromatic carbocycles. The number of benzene rings is 1. The van der Waals surface area contributed by atoms with Gasteiger partial charge in [-0.25, -0.2) is 0 Å². The Morgan fingerprint density at radius 3 is 1.70 bits per heavy atom. The molecule has 1 aliphatic rings. The molecule has 4 heteroatoms. The van der Waals surface area contributed by atoms with Crippen LogP contribution in [0.5, 0.6) is 0 Å². The van der Waals surface area contributed by atoms with Gasteiger partial charge in [-0.2, -0.15) is 0 Å². The summed E-state index contributed by atoms with van der Waals surface area (Å²) in [7, 11) is 4.19. The summed E-state index contributed by atoms with van der Waals surface area (Å²) in [6.45, 7) is 12.8. The first-order chi connectivity index (χ1) is 9.25. The second kappa shape index (κ2) is 5.34. The molecule has 0 bridgehead atoms. The minimum absolute atomic E-state index is 0.854. The average Bonchev–Trinajstić information content (AvgIpc) is 2.39. The van der Waals surface area contributed by atoms with E-state index in [1.54, 1.807) is 0 Å². The SMILES string of the molecule is Cc1c(C)c(C)c(N2CN(C)CN(C)C2=S)c(C)c1C. The molecule has 3 nitrogen and oxygen atoms in total. The maximum absolute atomic E-state index is 5.65. The Morgan fingerprint density at radius 2 is 1.20 bits per heavy atom. The molecule has 0 spiro atoms. The lowest BCUT2D eigenvalue weighted by atomic mass is 9.92. The van der Waals surface area contributed by atoms with E-state index in [1.165, 1.54) is 33.5 Å². The monoisotopic (exact) mass is 291 g/mol. The van der Waals surface area contributed by atoms with Crippen LogP contribution in [-0.4, -0.2) is 42.3 Å².